The van der Waals surface area contributed by atoms with Gasteiger partial charge in [0.2, 0.25) is 5.78 Å². The summed E-state index contributed by atoms with van der Waals surface area (Å²) in [5, 5.41) is 20.5. The van der Waals surface area contributed by atoms with E-state index < -0.39 is 41.5 Å². The molecule has 1 aromatic heterocycles. The van der Waals surface area contributed by atoms with E-state index in [1.165, 1.54) is 12.1 Å². The summed E-state index contributed by atoms with van der Waals surface area (Å²) in [6, 6.07) is 15.9. The number of hydrogen-bond acceptors (Lipinski definition) is 6. The van der Waals surface area contributed by atoms with Crippen molar-refractivity contribution in [1.82, 2.24) is 4.98 Å². The number of rotatable bonds is 8. The molecule has 0 spiro atoms. The Labute approximate surface area is 225 Å². The molecule has 3 aromatic carbocycles. The van der Waals surface area contributed by atoms with Crippen LogP contribution in [0.2, 0.25) is 0 Å². The summed E-state index contributed by atoms with van der Waals surface area (Å²) >= 11 is 0. The van der Waals surface area contributed by atoms with Crippen molar-refractivity contribution >= 4 is 17.8 Å². The molecule has 10 heteroatoms. The zero-order valence-corrected chi connectivity index (χ0v) is 20.6. The number of aliphatic carboxylic acids is 1. The number of phenolic OH excluding ortho intramolecular Hbond substituents is 1. The zero-order chi connectivity index (χ0) is 28.4. The quantitative estimate of drug-likeness (QED) is 0.206. The number of Topliss-reactive ketones (excluding diaryl/α,β-unsaturated/α-hetero) is 1. The SMILES string of the molecule is O=C(O)C[C@@H](c1cccc(OCc2ccccn2)c1)c1c(O)ccc2c1O/C(=C\c1cc(F)c(F)c(F)c1)C2=O. The molecule has 7 nitrogen and oxygen atoms in total. The number of hydrogen-bond donors (Lipinski definition) is 2. The number of halogens is 3. The van der Waals surface area contributed by atoms with Gasteiger partial charge in [-0.05, 0) is 65.7 Å². The Kier molecular flexibility index (Phi) is 7.24. The topological polar surface area (TPSA) is 106 Å². The lowest BCUT2D eigenvalue weighted by atomic mass is 9.86. The van der Waals surface area contributed by atoms with Crippen molar-refractivity contribution in [3.05, 3.63) is 124 Å². The van der Waals surface area contributed by atoms with Gasteiger partial charge < -0.3 is 19.7 Å². The molecule has 0 amide bonds. The van der Waals surface area contributed by atoms with Crippen LogP contribution in [0, 0.1) is 17.5 Å². The lowest BCUT2D eigenvalue weighted by Gasteiger charge is -2.20. The Morgan fingerprint density at radius 3 is 2.50 bits per heavy atom. The van der Waals surface area contributed by atoms with Gasteiger partial charge in [-0.2, -0.15) is 0 Å². The highest BCUT2D eigenvalue weighted by Gasteiger charge is 2.35. The zero-order valence-electron chi connectivity index (χ0n) is 20.6. The van der Waals surface area contributed by atoms with Crippen LogP contribution in [0.15, 0.2) is 78.7 Å². The first-order valence-electron chi connectivity index (χ1n) is 12.0. The summed E-state index contributed by atoms with van der Waals surface area (Å²) in [5.74, 6) is -7.69. The van der Waals surface area contributed by atoms with Crippen LogP contribution in [0.4, 0.5) is 13.2 Å². The van der Waals surface area contributed by atoms with E-state index in [4.69, 9.17) is 9.47 Å². The summed E-state index contributed by atoms with van der Waals surface area (Å²) in [6.07, 6.45) is 2.19. The van der Waals surface area contributed by atoms with Gasteiger partial charge in [0.15, 0.2) is 23.2 Å². The van der Waals surface area contributed by atoms with Crippen LogP contribution in [0.3, 0.4) is 0 Å². The Hall–Kier alpha value is -5.12. The minimum atomic E-state index is -1.65. The third-order valence-corrected chi connectivity index (χ3v) is 6.26. The minimum absolute atomic E-state index is 0.0139. The van der Waals surface area contributed by atoms with Gasteiger partial charge in [-0.25, -0.2) is 13.2 Å². The minimum Gasteiger partial charge on any atom is -0.508 e. The molecule has 1 aliphatic rings. The number of ketones is 1. The molecule has 5 rings (SSSR count). The average molecular weight is 547 g/mol. The van der Waals surface area contributed by atoms with Crippen LogP contribution < -0.4 is 9.47 Å². The second-order valence-corrected chi connectivity index (χ2v) is 8.95. The molecule has 0 radical (unpaired) electrons. The van der Waals surface area contributed by atoms with E-state index in [0.717, 1.165) is 6.08 Å². The fourth-order valence-corrected chi connectivity index (χ4v) is 4.43. The molecule has 0 bridgehead atoms. The van der Waals surface area contributed by atoms with Gasteiger partial charge in [0.25, 0.3) is 0 Å². The van der Waals surface area contributed by atoms with Crippen molar-refractivity contribution in [2.45, 2.75) is 18.9 Å². The van der Waals surface area contributed by atoms with Crippen LogP contribution in [0.1, 0.15) is 45.1 Å². The molecule has 2 N–H and O–H groups in total. The summed E-state index contributed by atoms with van der Waals surface area (Å²) in [4.78, 5) is 29.2. The smallest absolute Gasteiger partial charge is 0.304 e. The predicted octanol–water partition coefficient (Wildman–Crippen LogP) is 6.01. The number of nitrogens with zero attached hydrogens (tertiary/aromatic N) is 1. The molecular weight excluding hydrogens is 527 g/mol. The second-order valence-electron chi connectivity index (χ2n) is 8.95. The highest BCUT2D eigenvalue weighted by Crippen LogP contribution is 2.46. The number of carbonyl (C=O) groups excluding carboxylic acids is 1. The van der Waals surface area contributed by atoms with Gasteiger partial charge >= 0.3 is 5.97 Å². The fraction of sp³-hybridized carbons (Fsp3) is 0.100. The Morgan fingerprint density at radius 2 is 1.80 bits per heavy atom. The van der Waals surface area contributed by atoms with Crippen LogP contribution >= 0.6 is 0 Å². The lowest BCUT2D eigenvalue weighted by molar-refractivity contribution is -0.137. The molecule has 4 aromatic rings. The van der Waals surface area contributed by atoms with Gasteiger partial charge in [-0.15, -0.1) is 0 Å². The van der Waals surface area contributed by atoms with Crippen molar-refractivity contribution in [1.29, 1.82) is 0 Å². The fourth-order valence-electron chi connectivity index (χ4n) is 4.43. The van der Waals surface area contributed by atoms with Crippen LogP contribution in [0.25, 0.3) is 6.08 Å². The predicted molar refractivity (Wildman–Crippen MR) is 136 cm³/mol. The summed E-state index contributed by atoms with van der Waals surface area (Å²) in [7, 11) is 0. The van der Waals surface area contributed by atoms with Gasteiger partial charge in [0.1, 0.15) is 23.9 Å². The molecule has 202 valence electrons. The molecule has 40 heavy (non-hydrogen) atoms. The van der Waals surface area contributed by atoms with Gasteiger partial charge in [-0.1, -0.05) is 18.2 Å². The normalized spacial score (nSPS) is 14.1. The van der Waals surface area contributed by atoms with E-state index in [1.807, 2.05) is 6.07 Å². The molecule has 1 atom stereocenters. The first-order chi connectivity index (χ1) is 19.2. The Balaban J connectivity index is 1.52. The average Bonchev–Trinajstić information content (AvgIpc) is 3.24. The number of fused-ring (bicyclic) bond motifs is 1. The number of carbonyl (C=O) groups is 2. The molecule has 0 saturated heterocycles. The number of carboxylic acids is 1. The first-order valence-corrected chi connectivity index (χ1v) is 12.0. The number of carboxylic acid groups (broad SMARTS) is 1. The van der Waals surface area contributed by atoms with E-state index in [-0.39, 0.29) is 40.6 Å². The van der Waals surface area contributed by atoms with Crippen molar-refractivity contribution in [2.75, 3.05) is 0 Å². The number of benzene rings is 3. The van der Waals surface area contributed by atoms with Crippen molar-refractivity contribution in [3.63, 3.8) is 0 Å². The molecule has 0 saturated carbocycles. The molecular formula is C30H20F3NO6. The number of phenols is 1. The second kappa shape index (κ2) is 10.9. The maximum atomic E-state index is 13.7. The first kappa shape index (κ1) is 26.5. The van der Waals surface area contributed by atoms with Gasteiger partial charge in [0.05, 0.1) is 17.7 Å². The van der Waals surface area contributed by atoms with E-state index in [2.05, 4.69) is 4.98 Å². The molecule has 2 heterocycles. The number of aromatic hydroxyl groups is 1. The van der Waals surface area contributed by atoms with Crippen molar-refractivity contribution in [2.24, 2.45) is 0 Å². The van der Waals surface area contributed by atoms with E-state index in [1.54, 1.807) is 42.6 Å². The maximum absolute atomic E-state index is 13.7. The number of ether oxygens (including phenoxy) is 2. The van der Waals surface area contributed by atoms with Crippen LogP contribution in [-0.2, 0) is 11.4 Å². The van der Waals surface area contributed by atoms with Crippen LogP contribution in [-0.4, -0.2) is 26.9 Å². The molecule has 0 aliphatic carbocycles. The lowest BCUT2D eigenvalue weighted by Crippen LogP contribution is -2.10. The molecule has 0 fully saturated rings. The van der Waals surface area contributed by atoms with Gasteiger partial charge in [-0.3, -0.25) is 14.6 Å². The van der Waals surface area contributed by atoms with Crippen molar-refractivity contribution < 1.29 is 42.4 Å². The van der Waals surface area contributed by atoms with Gasteiger partial charge in [0, 0.05) is 17.7 Å². The highest BCUT2D eigenvalue weighted by atomic mass is 19.2. The maximum Gasteiger partial charge on any atom is 0.304 e. The highest BCUT2D eigenvalue weighted by molar-refractivity contribution is 6.15. The van der Waals surface area contributed by atoms with Crippen molar-refractivity contribution in [3.8, 4) is 17.2 Å². The van der Waals surface area contributed by atoms with E-state index in [0.29, 0.717) is 29.1 Å². The summed E-state index contributed by atoms with van der Waals surface area (Å²) in [6.45, 7) is 0.163. The van der Waals surface area contributed by atoms with E-state index in [9.17, 15) is 33.0 Å². The number of allylic oxidation sites excluding steroid dienone is 1. The largest absolute Gasteiger partial charge is 0.508 e. The molecule has 1 aliphatic heterocycles. The Bertz CT molecular complexity index is 1630. The van der Waals surface area contributed by atoms with Crippen LogP contribution in [0.5, 0.6) is 17.2 Å². The molecule has 0 unspecified atom stereocenters. The van der Waals surface area contributed by atoms with E-state index >= 15 is 0 Å². The third-order valence-electron chi connectivity index (χ3n) is 6.26. The summed E-state index contributed by atoms with van der Waals surface area (Å²) < 4.78 is 52.4. The number of pyridine rings is 1. The number of aromatic nitrogens is 1. The monoisotopic (exact) mass is 547 g/mol. The third kappa shape index (κ3) is 5.37. The summed E-state index contributed by atoms with van der Waals surface area (Å²) in [5.41, 5.74) is 1.02. The Morgan fingerprint density at radius 1 is 1.02 bits per heavy atom. The standard InChI is InChI=1S/C30H20F3NO6/c31-22-10-16(11-23(32)28(22)33)12-25-29(38)20-7-8-24(35)27(30(20)40-25)21(14-26(36)37)17-4-3-6-19(13-17)39-15-18-5-1-2-9-34-18/h1-13,21,35H,14-15H2,(H,36,37)/b25-12-/t21-/m0/s1.